The molecule has 7 nitrogen and oxygen atoms in total. The summed E-state index contributed by atoms with van der Waals surface area (Å²) in [6.45, 7) is 3.91. The Morgan fingerprint density at radius 2 is 2.26 bits per heavy atom. The van der Waals surface area contributed by atoms with Crippen LogP contribution in [0.4, 0.5) is 0 Å². The summed E-state index contributed by atoms with van der Waals surface area (Å²) in [6, 6.07) is 1.87. The fourth-order valence-corrected chi connectivity index (χ4v) is 1.93. The van der Waals surface area contributed by atoms with Crippen molar-refractivity contribution in [2.45, 2.75) is 26.0 Å². The van der Waals surface area contributed by atoms with Crippen molar-refractivity contribution in [2.24, 2.45) is 0 Å². The van der Waals surface area contributed by atoms with E-state index >= 15 is 0 Å². The van der Waals surface area contributed by atoms with E-state index in [9.17, 15) is 5.11 Å². The maximum Gasteiger partial charge on any atom is 0.184 e. The second kappa shape index (κ2) is 4.13. The van der Waals surface area contributed by atoms with Gasteiger partial charge in [-0.3, -0.25) is 9.78 Å². The van der Waals surface area contributed by atoms with Crippen LogP contribution in [0.1, 0.15) is 13.8 Å². The largest absolute Gasteiger partial charge is 0.389 e. The van der Waals surface area contributed by atoms with Crippen LogP contribution >= 0.6 is 0 Å². The Morgan fingerprint density at radius 1 is 1.42 bits per heavy atom. The summed E-state index contributed by atoms with van der Waals surface area (Å²) in [5.74, 6) is 0. The lowest BCUT2D eigenvalue weighted by molar-refractivity contribution is 0.0578. The summed E-state index contributed by atoms with van der Waals surface area (Å²) >= 11 is 0. The molecule has 2 N–H and O–H groups in total. The molecule has 0 radical (unpaired) electrons. The first kappa shape index (κ1) is 11.8. The Morgan fingerprint density at radius 3 is 3.05 bits per heavy atom. The molecule has 0 fully saturated rings. The van der Waals surface area contributed by atoms with Gasteiger partial charge in [0, 0.05) is 12.4 Å². The van der Waals surface area contributed by atoms with E-state index in [4.69, 9.17) is 0 Å². The van der Waals surface area contributed by atoms with Crippen molar-refractivity contribution in [2.75, 3.05) is 0 Å². The van der Waals surface area contributed by atoms with Crippen molar-refractivity contribution in [3.8, 4) is 11.4 Å². The molecular formula is C12H14N6O. The topological polar surface area (TPSA) is 92.5 Å². The molecule has 0 bridgehead atoms. The lowest BCUT2D eigenvalue weighted by Crippen LogP contribution is -2.26. The van der Waals surface area contributed by atoms with Gasteiger partial charge >= 0.3 is 0 Å². The molecule has 0 atom stereocenters. The first-order valence-corrected chi connectivity index (χ1v) is 5.93. The van der Waals surface area contributed by atoms with Crippen molar-refractivity contribution >= 4 is 11.0 Å². The number of fused-ring (bicyclic) bond motifs is 1. The molecule has 0 spiro atoms. The second-order valence-corrected chi connectivity index (χ2v) is 5.07. The molecule has 0 saturated heterocycles. The van der Waals surface area contributed by atoms with Gasteiger partial charge in [-0.1, -0.05) is 0 Å². The molecule has 3 rings (SSSR count). The van der Waals surface area contributed by atoms with Gasteiger partial charge in [0.15, 0.2) is 5.65 Å². The number of rotatable bonds is 3. The number of aliphatic hydroxyl groups is 1. The highest BCUT2D eigenvalue weighted by Crippen LogP contribution is 2.22. The third kappa shape index (κ3) is 2.32. The van der Waals surface area contributed by atoms with Gasteiger partial charge in [-0.25, -0.2) is 9.97 Å². The molecular weight excluding hydrogens is 244 g/mol. The average Bonchev–Trinajstić information content (AvgIpc) is 2.92. The number of aromatic amines is 1. The molecule has 98 valence electrons. The van der Waals surface area contributed by atoms with E-state index in [0.29, 0.717) is 12.2 Å². The Hall–Kier alpha value is -2.28. The van der Waals surface area contributed by atoms with E-state index in [2.05, 4.69) is 25.3 Å². The summed E-state index contributed by atoms with van der Waals surface area (Å²) in [5, 5.41) is 22.0. The van der Waals surface area contributed by atoms with Gasteiger partial charge in [-0.2, -0.15) is 10.2 Å². The SMILES string of the molecule is CC(C)(O)Cn1ccc(-c2[nH]nc3ncncc23)n1. The zero-order valence-corrected chi connectivity index (χ0v) is 10.7. The Labute approximate surface area is 109 Å². The Kier molecular flexibility index (Phi) is 2.56. The summed E-state index contributed by atoms with van der Waals surface area (Å²) in [6.07, 6.45) is 4.99. The molecule has 3 aromatic rings. The number of hydrogen-bond donors (Lipinski definition) is 2. The van der Waals surface area contributed by atoms with Crippen LogP contribution < -0.4 is 0 Å². The molecule has 0 aliphatic heterocycles. The van der Waals surface area contributed by atoms with Crippen LogP contribution in [-0.2, 0) is 6.54 Å². The first-order chi connectivity index (χ1) is 9.03. The molecule has 0 saturated carbocycles. The van der Waals surface area contributed by atoms with Gasteiger partial charge in [0.25, 0.3) is 0 Å². The molecule has 0 aromatic carbocycles. The monoisotopic (exact) mass is 258 g/mol. The minimum Gasteiger partial charge on any atom is -0.389 e. The highest BCUT2D eigenvalue weighted by molar-refractivity contribution is 5.88. The van der Waals surface area contributed by atoms with Crippen molar-refractivity contribution in [1.82, 2.24) is 29.9 Å². The normalized spacial score (nSPS) is 12.2. The Bertz CT molecular complexity index is 708. The van der Waals surface area contributed by atoms with E-state index in [-0.39, 0.29) is 0 Å². The van der Waals surface area contributed by atoms with E-state index in [1.54, 1.807) is 24.7 Å². The summed E-state index contributed by atoms with van der Waals surface area (Å²) in [5.41, 5.74) is 1.34. The fourth-order valence-electron chi connectivity index (χ4n) is 1.93. The third-order valence-electron chi connectivity index (χ3n) is 2.68. The van der Waals surface area contributed by atoms with Crippen LogP contribution in [0.3, 0.4) is 0 Å². The van der Waals surface area contributed by atoms with Crippen molar-refractivity contribution in [3.63, 3.8) is 0 Å². The van der Waals surface area contributed by atoms with Gasteiger partial charge in [0.1, 0.15) is 12.0 Å². The highest BCUT2D eigenvalue weighted by Gasteiger charge is 2.16. The summed E-state index contributed by atoms with van der Waals surface area (Å²) < 4.78 is 1.70. The smallest absolute Gasteiger partial charge is 0.184 e. The maximum atomic E-state index is 9.78. The van der Waals surface area contributed by atoms with E-state index in [1.165, 1.54) is 6.33 Å². The molecule has 3 heterocycles. The minimum absolute atomic E-state index is 0.426. The van der Waals surface area contributed by atoms with Crippen molar-refractivity contribution in [1.29, 1.82) is 0 Å². The van der Waals surface area contributed by atoms with Gasteiger partial charge < -0.3 is 5.11 Å². The minimum atomic E-state index is -0.803. The maximum absolute atomic E-state index is 9.78. The van der Waals surface area contributed by atoms with Gasteiger partial charge in [-0.15, -0.1) is 0 Å². The molecule has 0 aliphatic rings. The van der Waals surface area contributed by atoms with Gasteiger partial charge in [-0.05, 0) is 19.9 Å². The Balaban J connectivity index is 1.99. The standard InChI is InChI=1S/C12H14N6O/c1-12(2,19)6-18-4-3-9(17-18)10-8-5-13-7-14-11(8)16-15-10/h3-5,7,19H,6H2,1-2H3,(H,13,14,15,16). The van der Waals surface area contributed by atoms with Crippen LogP contribution in [0, 0.1) is 0 Å². The molecule has 7 heteroatoms. The zero-order chi connectivity index (χ0) is 13.5. The number of nitrogens with one attached hydrogen (secondary N) is 1. The lowest BCUT2D eigenvalue weighted by atomic mass is 10.1. The summed E-state index contributed by atoms with van der Waals surface area (Å²) in [4.78, 5) is 8.06. The van der Waals surface area contributed by atoms with Crippen LogP contribution in [0.5, 0.6) is 0 Å². The first-order valence-electron chi connectivity index (χ1n) is 5.93. The van der Waals surface area contributed by atoms with Crippen LogP contribution in [0.15, 0.2) is 24.8 Å². The van der Waals surface area contributed by atoms with Crippen molar-refractivity contribution < 1.29 is 5.11 Å². The molecule has 19 heavy (non-hydrogen) atoms. The van der Waals surface area contributed by atoms with Crippen LogP contribution in [0.2, 0.25) is 0 Å². The zero-order valence-electron chi connectivity index (χ0n) is 10.7. The molecule has 3 aromatic heterocycles. The second-order valence-electron chi connectivity index (χ2n) is 5.07. The quantitative estimate of drug-likeness (QED) is 0.730. The van der Waals surface area contributed by atoms with Gasteiger partial charge in [0.05, 0.1) is 23.2 Å². The molecule has 0 aliphatic carbocycles. The number of H-pyrrole nitrogens is 1. The number of aromatic nitrogens is 6. The highest BCUT2D eigenvalue weighted by atomic mass is 16.3. The fraction of sp³-hybridized carbons (Fsp3) is 0.333. The van der Waals surface area contributed by atoms with E-state index in [0.717, 1.165) is 16.8 Å². The number of nitrogens with zero attached hydrogens (tertiary/aromatic N) is 5. The van der Waals surface area contributed by atoms with Crippen molar-refractivity contribution in [3.05, 3.63) is 24.8 Å². The predicted molar refractivity (Wildman–Crippen MR) is 69.2 cm³/mol. The van der Waals surface area contributed by atoms with Crippen LogP contribution in [-0.4, -0.2) is 40.7 Å². The molecule has 0 amide bonds. The summed E-state index contributed by atoms with van der Waals surface area (Å²) in [7, 11) is 0. The average molecular weight is 258 g/mol. The predicted octanol–water partition coefficient (Wildman–Crippen LogP) is 0.987. The lowest BCUT2D eigenvalue weighted by Gasteiger charge is -2.16. The van der Waals surface area contributed by atoms with E-state index < -0.39 is 5.60 Å². The van der Waals surface area contributed by atoms with E-state index in [1.807, 2.05) is 12.3 Å². The molecule has 0 unspecified atom stereocenters. The van der Waals surface area contributed by atoms with Crippen LogP contribution in [0.25, 0.3) is 22.4 Å². The third-order valence-corrected chi connectivity index (χ3v) is 2.68. The van der Waals surface area contributed by atoms with Gasteiger partial charge in [0.2, 0.25) is 0 Å². The number of hydrogen-bond acceptors (Lipinski definition) is 5.